The Hall–Kier alpha value is -2.27. The molecule has 2 aliphatic rings. The Morgan fingerprint density at radius 1 is 1.09 bits per heavy atom. The normalized spacial score (nSPS) is 23.6. The fourth-order valence-corrected chi connectivity index (χ4v) is 3.54. The topological polar surface area (TPSA) is 54.7 Å². The van der Waals surface area contributed by atoms with E-state index in [4.69, 9.17) is 9.15 Å². The molecule has 5 heteroatoms. The van der Waals surface area contributed by atoms with Crippen molar-refractivity contribution in [1.29, 1.82) is 0 Å². The molecule has 0 saturated carbocycles. The third-order valence-corrected chi connectivity index (χ3v) is 4.64. The Balaban J connectivity index is 1.51. The molecule has 5 nitrogen and oxygen atoms in total. The standard InChI is InChI=1S/C18H20N2O3/c21-18(20-13-6-7-14(20)12-19-11-10-13)16-8-9-17(23-16)22-15-4-2-1-3-5-15/h1-5,8-9,13-14,19H,6-7,10-12H2. The molecule has 3 heterocycles. The van der Waals surface area contributed by atoms with Gasteiger partial charge in [-0.15, -0.1) is 0 Å². The van der Waals surface area contributed by atoms with Gasteiger partial charge < -0.3 is 19.4 Å². The summed E-state index contributed by atoms with van der Waals surface area (Å²) in [4.78, 5) is 14.8. The van der Waals surface area contributed by atoms with Crippen LogP contribution in [0.2, 0.25) is 0 Å². The fourth-order valence-electron chi connectivity index (χ4n) is 3.54. The van der Waals surface area contributed by atoms with Crippen LogP contribution in [0.3, 0.4) is 0 Å². The average molecular weight is 312 g/mol. The molecular formula is C18H20N2O3. The molecule has 2 aliphatic heterocycles. The smallest absolute Gasteiger partial charge is 0.290 e. The Morgan fingerprint density at radius 2 is 1.91 bits per heavy atom. The molecule has 0 radical (unpaired) electrons. The highest BCUT2D eigenvalue weighted by atomic mass is 16.6. The molecule has 1 amide bonds. The number of para-hydroxylation sites is 1. The summed E-state index contributed by atoms with van der Waals surface area (Å²) in [6.45, 7) is 1.85. The highest BCUT2D eigenvalue weighted by Crippen LogP contribution is 2.31. The summed E-state index contributed by atoms with van der Waals surface area (Å²) >= 11 is 0. The van der Waals surface area contributed by atoms with Crippen molar-refractivity contribution >= 4 is 5.91 Å². The number of nitrogens with one attached hydrogen (secondary N) is 1. The van der Waals surface area contributed by atoms with Gasteiger partial charge in [-0.2, -0.15) is 0 Å². The molecule has 2 aromatic rings. The molecule has 1 aromatic carbocycles. The Labute approximate surface area is 135 Å². The zero-order chi connectivity index (χ0) is 15.6. The van der Waals surface area contributed by atoms with E-state index in [-0.39, 0.29) is 11.9 Å². The third-order valence-electron chi connectivity index (χ3n) is 4.64. The number of hydrogen-bond acceptors (Lipinski definition) is 4. The molecule has 2 fully saturated rings. The van der Waals surface area contributed by atoms with Crippen LogP contribution < -0.4 is 10.1 Å². The van der Waals surface area contributed by atoms with Crippen LogP contribution in [0, 0.1) is 0 Å². The molecule has 2 atom stereocenters. The molecule has 0 spiro atoms. The predicted octanol–water partition coefficient (Wildman–Crippen LogP) is 3.04. The monoisotopic (exact) mass is 312 g/mol. The van der Waals surface area contributed by atoms with Crippen molar-refractivity contribution in [2.45, 2.75) is 31.3 Å². The first-order chi connectivity index (χ1) is 11.3. The number of carbonyl (C=O) groups is 1. The first kappa shape index (κ1) is 14.3. The second kappa shape index (κ2) is 6.08. The molecule has 120 valence electrons. The number of nitrogens with zero attached hydrogens (tertiary/aromatic N) is 1. The third kappa shape index (κ3) is 2.84. The zero-order valence-electron chi connectivity index (χ0n) is 12.9. The molecule has 1 aromatic heterocycles. The van der Waals surface area contributed by atoms with Crippen LogP contribution in [0.4, 0.5) is 0 Å². The van der Waals surface area contributed by atoms with Crippen molar-refractivity contribution < 1.29 is 13.9 Å². The maximum atomic E-state index is 12.8. The lowest BCUT2D eigenvalue weighted by molar-refractivity contribution is 0.0642. The molecular weight excluding hydrogens is 292 g/mol. The number of ether oxygens (including phenoxy) is 1. The Bertz CT molecular complexity index is 669. The van der Waals surface area contributed by atoms with Crippen LogP contribution in [-0.2, 0) is 0 Å². The summed E-state index contributed by atoms with van der Waals surface area (Å²) in [6.07, 6.45) is 3.17. The van der Waals surface area contributed by atoms with Gasteiger partial charge in [-0.1, -0.05) is 18.2 Å². The van der Waals surface area contributed by atoms with Crippen molar-refractivity contribution in [1.82, 2.24) is 10.2 Å². The summed E-state index contributed by atoms with van der Waals surface area (Å²) in [5.74, 6) is 1.37. The largest absolute Gasteiger partial charge is 0.426 e. The van der Waals surface area contributed by atoms with Gasteiger partial charge in [-0.05, 0) is 44.0 Å². The van der Waals surface area contributed by atoms with Gasteiger partial charge in [-0.3, -0.25) is 4.79 Å². The van der Waals surface area contributed by atoms with E-state index in [0.717, 1.165) is 32.4 Å². The minimum Gasteiger partial charge on any atom is -0.426 e. The van der Waals surface area contributed by atoms with Crippen LogP contribution in [0.15, 0.2) is 46.9 Å². The number of rotatable bonds is 3. The van der Waals surface area contributed by atoms with Crippen molar-refractivity contribution in [3.05, 3.63) is 48.2 Å². The van der Waals surface area contributed by atoms with Gasteiger partial charge in [0.1, 0.15) is 5.75 Å². The number of hydrogen-bond donors (Lipinski definition) is 1. The molecule has 2 unspecified atom stereocenters. The summed E-state index contributed by atoms with van der Waals surface area (Å²) in [7, 11) is 0. The van der Waals surface area contributed by atoms with Gasteiger partial charge in [0.2, 0.25) is 0 Å². The number of carbonyl (C=O) groups excluding carboxylic acids is 1. The summed E-state index contributed by atoms with van der Waals surface area (Å²) in [6, 6.07) is 13.4. The van der Waals surface area contributed by atoms with Gasteiger partial charge in [0.15, 0.2) is 5.76 Å². The van der Waals surface area contributed by atoms with E-state index in [2.05, 4.69) is 5.32 Å². The zero-order valence-corrected chi connectivity index (χ0v) is 12.9. The first-order valence-corrected chi connectivity index (χ1v) is 8.17. The second-order valence-corrected chi connectivity index (χ2v) is 6.12. The second-order valence-electron chi connectivity index (χ2n) is 6.12. The van der Waals surface area contributed by atoms with E-state index in [0.29, 0.717) is 23.5 Å². The van der Waals surface area contributed by atoms with Crippen molar-refractivity contribution in [3.63, 3.8) is 0 Å². The summed E-state index contributed by atoms with van der Waals surface area (Å²) in [5, 5.41) is 3.40. The molecule has 0 aliphatic carbocycles. The quantitative estimate of drug-likeness (QED) is 0.946. The van der Waals surface area contributed by atoms with E-state index in [1.54, 1.807) is 12.1 Å². The van der Waals surface area contributed by atoms with E-state index < -0.39 is 0 Å². The molecule has 2 bridgehead atoms. The van der Waals surface area contributed by atoms with E-state index in [1.807, 2.05) is 35.2 Å². The first-order valence-electron chi connectivity index (χ1n) is 8.17. The van der Waals surface area contributed by atoms with E-state index in [9.17, 15) is 4.79 Å². The van der Waals surface area contributed by atoms with E-state index in [1.165, 1.54) is 0 Å². The van der Waals surface area contributed by atoms with Gasteiger partial charge in [0.25, 0.3) is 11.9 Å². The molecule has 4 rings (SSSR count). The van der Waals surface area contributed by atoms with Crippen molar-refractivity contribution in [2.24, 2.45) is 0 Å². The van der Waals surface area contributed by atoms with Gasteiger partial charge in [0, 0.05) is 24.7 Å². The lowest BCUT2D eigenvalue weighted by Crippen LogP contribution is -2.42. The van der Waals surface area contributed by atoms with Crippen LogP contribution in [0.5, 0.6) is 11.7 Å². The van der Waals surface area contributed by atoms with Gasteiger partial charge in [0.05, 0.1) is 0 Å². The summed E-state index contributed by atoms with van der Waals surface area (Å²) < 4.78 is 11.3. The SMILES string of the molecule is O=C(c1ccc(Oc2ccccc2)o1)N1C2CCNCC1CC2. The fraction of sp³-hybridized carbons (Fsp3) is 0.389. The summed E-state index contributed by atoms with van der Waals surface area (Å²) in [5.41, 5.74) is 0. The number of fused-ring (bicyclic) bond motifs is 2. The lowest BCUT2D eigenvalue weighted by Gasteiger charge is -2.26. The highest BCUT2D eigenvalue weighted by Gasteiger charge is 2.39. The van der Waals surface area contributed by atoms with Crippen molar-refractivity contribution in [3.8, 4) is 11.7 Å². The molecule has 2 saturated heterocycles. The number of amides is 1. The van der Waals surface area contributed by atoms with E-state index >= 15 is 0 Å². The Kier molecular flexibility index (Phi) is 3.79. The highest BCUT2D eigenvalue weighted by molar-refractivity contribution is 5.92. The minimum absolute atomic E-state index is 0.0240. The van der Waals surface area contributed by atoms with Crippen LogP contribution in [0.25, 0.3) is 0 Å². The van der Waals surface area contributed by atoms with Crippen LogP contribution in [0.1, 0.15) is 29.8 Å². The predicted molar refractivity (Wildman–Crippen MR) is 85.7 cm³/mol. The Morgan fingerprint density at radius 3 is 2.78 bits per heavy atom. The molecule has 23 heavy (non-hydrogen) atoms. The maximum Gasteiger partial charge on any atom is 0.290 e. The lowest BCUT2D eigenvalue weighted by atomic mass is 10.1. The molecule has 1 N–H and O–H groups in total. The van der Waals surface area contributed by atoms with Crippen molar-refractivity contribution in [2.75, 3.05) is 13.1 Å². The number of benzene rings is 1. The maximum absolute atomic E-state index is 12.8. The van der Waals surface area contributed by atoms with Crippen LogP contribution in [-0.4, -0.2) is 36.0 Å². The number of furan rings is 1. The average Bonchev–Trinajstić information content (AvgIpc) is 3.11. The minimum atomic E-state index is -0.0240. The van der Waals surface area contributed by atoms with Gasteiger partial charge in [-0.25, -0.2) is 0 Å². The van der Waals surface area contributed by atoms with Gasteiger partial charge >= 0.3 is 0 Å². The van der Waals surface area contributed by atoms with Crippen LogP contribution >= 0.6 is 0 Å².